The van der Waals surface area contributed by atoms with E-state index in [0.29, 0.717) is 0 Å². The molecule has 0 radical (unpaired) electrons. The zero-order valence-corrected chi connectivity index (χ0v) is 12.3. The lowest BCUT2D eigenvalue weighted by Gasteiger charge is -2.17. The second-order valence-electron chi connectivity index (χ2n) is 4.27. The van der Waals surface area contributed by atoms with Gasteiger partial charge in [0.2, 0.25) is 5.75 Å². The molecular formula is C15H15NO6. The van der Waals surface area contributed by atoms with Crippen LogP contribution in [0.4, 0.5) is 0 Å². The molecule has 2 aromatic rings. The van der Waals surface area contributed by atoms with E-state index in [4.69, 9.17) is 14.2 Å². The fraction of sp³-hybridized carbons (Fsp3) is 0.200. The standard InChI is InChI=1S/C15H15NO6/c1-20-10-8-9(15(18)19)11(13(22-3)12(10)21-2)14(17)16-6-4-5-7-16/h4-8H,1-3H3,(H,18,19). The minimum Gasteiger partial charge on any atom is -0.493 e. The van der Waals surface area contributed by atoms with E-state index < -0.39 is 11.9 Å². The van der Waals surface area contributed by atoms with E-state index in [1.54, 1.807) is 12.1 Å². The lowest BCUT2D eigenvalue weighted by atomic mass is 10.0. The van der Waals surface area contributed by atoms with Crippen molar-refractivity contribution in [2.45, 2.75) is 0 Å². The Morgan fingerprint density at radius 1 is 1.00 bits per heavy atom. The van der Waals surface area contributed by atoms with Crippen molar-refractivity contribution in [3.8, 4) is 17.2 Å². The van der Waals surface area contributed by atoms with Gasteiger partial charge < -0.3 is 19.3 Å². The number of carboxylic acids is 1. The van der Waals surface area contributed by atoms with Crippen molar-refractivity contribution in [3.05, 3.63) is 41.7 Å². The average molecular weight is 305 g/mol. The zero-order chi connectivity index (χ0) is 16.3. The van der Waals surface area contributed by atoms with Crippen molar-refractivity contribution in [1.82, 2.24) is 4.57 Å². The maximum absolute atomic E-state index is 12.6. The summed E-state index contributed by atoms with van der Waals surface area (Å²) < 4.78 is 16.8. The molecule has 7 heteroatoms. The first-order valence-electron chi connectivity index (χ1n) is 6.29. The number of benzene rings is 1. The van der Waals surface area contributed by atoms with Gasteiger partial charge in [-0.05, 0) is 18.2 Å². The third-order valence-electron chi connectivity index (χ3n) is 3.11. The minimum atomic E-state index is -1.27. The number of aromatic nitrogens is 1. The van der Waals surface area contributed by atoms with Crippen molar-refractivity contribution in [3.63, 3.8) is 0 Å². The van der Waals surface area contributed by atoms with Gasteiger partial charge in [0.15, 0.2) is 11.5 Å². The highest BCUT2D eigenvalue weighted by molar-refractivity contribution is 6.09. The van der Waals surface area contributed by atoms with Crippen LogP contribution < -0.4 is 14.2 Å². The summed E-state index contributed by atoms with van der Waals surface area (Å²) in [6.45, 7) is 0. The monoisotopic (exact) mass is 305 g/mol. The van der Waals surface area contributed by atoms with E-state index >= 15 is 0 Å². The number of aromatic carboxylic acids is 1. The number of carbonyl (C=O) groups is 2. The van der Waals surface area contributed by atoms with Crippen LogP contribution in [0.15, 0.2) is 30.6 Å². The van der Waals surface area contributed by atoms with Crippen LogP contribution in [0.3, 0.4) is 0 Å². The molecule has 0 aliphatic rings. The maximum atomic E-state index is 12.6. The highest BCUT2D eigenvalue weighted by atomic mass is 16.5. The molecule has 116 valence electrons. The predicted molar refractivity (Wildman–Crippen MR) is 77.2 cm³/mol. The first kappa shape index (κ1) is 15.4. The van der Waals surface area contributed by atoms with Crippen molar-refractivity contribution in [1.29, 1.82) is 0 Å². The highest BCUT2D eigenvalue weighted by Gasteiger charge is 2.29. The molecule has 0 fully saturated rings. The number of hydrogen-bond acceptors (Lipinski definition) is 5. The topological polar surface area (TPSA) is 87.0 Å². The van der Waals surface area contributed by atoms with Gasteiger partial charge in [0.05, 0.1) is 26.9 Å². The van der Waals surface area contributed by atoms with Crippen LogP contribution in [-0.2, 0) is 0 Å². The quantitative estimate of drug-likeness (QED) is 0.908. The Morgan fingerprint density at radius 2 is 1.59 bits per heavy atom. The first-order chi connectivity index (χ1) is 10.5. The summed E-state index contributed by atoms with van der Waals surface area (Å²) in [5.74, 6) is -1.47. The van der Waals surface area contributed by atoms with E-state index in [-0.39, 0.29) is 28.4 Å². The van der Waals surface area contributed by atoms with Crippen molar-refractivity contribution >= 4 is 11.9 Å². The van der Waals surface area contributed by atoms with Gasteiger partial charge in [-0.3, -0.25) is 9.36 Å². The van der Waals surface area contributed by atoms with E-state index in [1.807, 2.05) is 0 Å². The summed E-state index contributed by atoms with van der Waals surface area (Å²) in [6, 6.07) is 4.55. The van der Waals surface area contributed by atoms with Gasteiger partial charge in [-0.2, -0.15) is 0 Å². The van der Waals surface area contributed by atoms with Crippen LogP contribution in [0.5, 0.6) is 17.2 Å². The molecule has 7 nitrogen and oxygen atoms in total. The largest absolute Gasteiger partial charge is 0.493 e. The van der Waals surface area contributed by atoms with Gasteiger partial charge >= 0.3 is 5.97 Å². The van der Waals surface area contributed by atoms with E-state index in [0.717, 1.165) is 0 Å². The molecule has 1 aromatic carbocycles. The fourth-order valence-electron chi connectivity index (χ4n) is 2.14. The van der Waals surface area contributed by atoms with Crippen molar-refractivity contribution < 1.29 is 28.9 Å². The maximum Gasteiger partial charge on any atom is 0.336 e. The Bertz CT molecular complexity index is 705. The Hall–Kier alpha value is -2.96. The molecule has 0 unspecified atom stereocenters. The van der Waals surface area contributed by atoms with Crippen LogP contribution in [0.1, 0.15) is 20.7 Å². The summed E-state index contributed by atoms with van der Waals surface area (Å²) in [5.41, 5.74) is -0.336. The number of ether oxygens (including phenoxy) is 3. The summed E-state index contributed by atoms with van der Waals surface area (Å²) in [6.07, 6.45) is 3.04. The molecule has 0 saturated heterocycles. The SMILES string of the molecule is COc1cc(C(=O)O)c(C(=O)n2cccc2)c(OC)c1OC. The molecule has 1 N–H and O–H groups in total. The smallest absolute Gasteiger partial charge is 0.336 e. The third kappa shape index (κ3) is 2.48. The van der Waals surface area contributed by atoms with E-state index in [9.17, 15) is 14.7 Å². The zero-order valence-electron chi connectivity index (χ0n) is 12.3. The molecule has 0 aliphatic heterocycles. The van der Waals surface area contributed by atoms with Crippen molar-refractivity contribution in [2.24, 2.45) is 0 Å². The Labute approximate surface area is 126 Å². The molecule has 0 aliphatic carbocycles. The summed E-state index contributed by atoms with van der Waals surface area (Å²) >= 11 is 0. The van der Waals surface area contributed by atoms with Crippen LogP contribution in [0.2, 0.25) is 0 Å². The fourth-order valence-corrected chi connectivity index (χ4v) is 2.14. The van der Waals surface area contributed by atoms with Crippen LogP contribution in [0.25, 0.3) is 0 Å². The normalized spacial score (nSPS) is 10.1. The first-order valence-corrected chi connectivity index (χ1v) is 6.29. The second kappa shape index (κ2) is 6.21. The van der Waals surface area contributed by atoms with Gasteiger partial charge in [0.25, 0.3) is 5.91 Å². The molecule has 22 heavy (non-hydrogen) atoms. The number of carbonyl (C=O) groups excluding carboxylic acids is 1. The summed E-state index contributed by atoms with van der Waals surface area (Å²) in [7, 11) is 4.08. The Balaban J connectivity index is 2.79. The van der Waals surface area contributed by atoms with Gasteiger partial charge in [0, 0.05) is 12.4 Å². The Kier molecular flexibility index (Phi) is 4.36. The molecule has 0 saturated carbocycles. The van der Waals surface area contributed by atoms with Gasteiger partial charge in [-0.1, -0.05) is 0 Å². The predicted octanol–water partition coefficient (Wildman–Crippen LogP) is 1.90. The third-order valence-corrected chi connectivity index (χ3v) is 3.11. The van der Waals surface area contributed by atoms with E-state index in [1.165, 1.54) is 44.4 Å². The minimum absolute atomic E-state index is 0.0120. The summed E-state index contributed by atoms with van der Waals surface area (Å²) in [5, 5.41) is 9.40. The molecule has 0 spiro atoms. The number of hydrogen-bond donors (Lipinski definition) is 1. The van der Waals surface area contributed by atoms with Crippen molar-refractivity contribution in [2.75, 3.05) is 21.3 Å². The lowest BCUT2D eigenvalue weighted by Crippen LogP contribution is -2.17. The Morgan fingerprint density at radius 3 is 2.05 bits per heavy atom. The number of methoxy groups -OCH3 is 3. The number of nitrogens with zero attached hydrogens (tertiary/aromatic N) is 1. The van der Waals surface area contributed by atoms with Crippen LogP contribution >= 0.6 is 0 Å². The molecule has 1 heterocycles. The second-order valence-corrected chi connectivity index (χ2v) is 4.27. The molecular weight excluding hydrogens is 290 g/mol. The van der Waals surface area contributed by atoms with Crippen LogP contribution in [0, 0.1) is 0 Å². The molecule has 2 rings (SSSR count). The average Bonchev–Trinajstić information content (AvgIpc) is 3.06. The van der Waals surface area contributed by atoms with Gasteiger partial charge in [0.1, 0.15) is 5.56 Å². The lowest BCUT2D eigenvalue weighted by molar-refractivity contribution is 0.0689. The highest BCUT2D eigenvalue weighted by Crippen LogP contribution is 2.42. The molecule has 1 aromatic heterocycles. The number of carboxylic acid groups (broad SMARTS) is 1. The molecule has 0 atom stereocenters. The summed E-state index contributed by atoms with van der Waals surface area (Å²) in [4.78, 5) is 24.1. The number of rotatable bonds is 5. The van der Waals surface area contributed by atoms with Gasteiger partial charge in [-0.15, -0.1) is 0 Å². The van der Waals surface area contributed by atoms with Gasteiger partial charge in [-0.25, -0.2) is 4.79 Å². The van der Waals surface area contributed by atoms with Crippen LogP contribution in [-0.4, -0.2) is 42.9 Å². The van der Waals surface area contributed by atoms with E-state index in [2.05, 4.69) is 0 Å². The molecule has 0 amide bonds. The molecule has 0 bridgehead atoms.